The van der Waals surface area contributed by atoms with Crippen LogP contribution in [0.15, 0.2) is 18.2 Å². The highest BCUT2D eigenvalue weighted by Crippen LogP contribution is 2.37. The Labute approximate surface area is 128 Å². The normalized spacial score (nSPS) is 18.9. The van der Waals surface area contributed by atoms with Gasteiger partial charge in [-0.1, -0.05) is 0 Å². The molecule has 1 saturated heterocycles. The fourth-order valence-corrected chi connectivity index (χ4v) is 2.64. The molecule has 0 saturated carbocycles. The third-order valence-corrected chi connectivity index (χ3v) is 3.65. The summed E-state index contributed by atoms with van der Waals surface area (Å²) in [7, 11) is 0. The first-order chi connectivity index (χ1) is 10.6. The molecule has 0 radical (unpaired) electrons. The first-order valence-corrected chi connectivity index (χ1v) is 6.95. The zero-order chi connectivity index (χ0) is 17.3. The van der Waals surface area contributed by atoms with Gasteiger partial charge in [0.1, 0.15) is 5.82 Å². The van der Waals surface area contributed by atoms with E-state index in [1.165, 1.54) is 4.90 Å². The van der Waals surface area contributed by atoms with Crippen LogP contribution in [0.25, 0.3) is 0 Å². The van der Waals surface area contributed by atoms with Crippen LogP contribution in [0.5, 0.6) is 0 Å². The molecule has 0 bridgehead atoms. The fourth-order valence-electron chi connectivity index (χ4n) is 2.64. The number of hydrogen-bond acceptors (Lipinski definition) is 2. The highest BCUT2D eigenvalue weighted by molar-refractivity contribution is 5.29. The number of alkyl halides is 6. The molecule has 2 nitrogen and oxygen atoms in total. The van der Waals surface area contributed by atoms with E-state index in [-0.39, 0.29) is 24.7 Å². The van der Waals surface area contributed by atoms with Gasteiger partial charge in [-0.05, 0) is 23.8 Å². The molecule has 0 aliphatic carbocycles. The van der Waals surface area contributed by atoms with Gasteiger partial charge in [-0.15, -0.1) is 0 Å². The van der Waals surface area contributed by atoms with Crippen molar-refractivity contribution in [1.29, 1.82) is 0 Å². The summed E-state index contributed by atoms with van der Waals surface area (Å²) >= 11 is 0. The summed E-state index contributed by atoms with van der Waals surface area (Å²) < 4.78 is 90.3. The molecule has 1 atom stereocenters. The Balaban J connectivity index is 2.39. The topological polar surface area (TPSA) is 15.3 Å². The third kappa shape index (κ3) is 5.07. The summed E-state index contributed by atoms with van der Waals surface area (Å²) in [5, 5.41) is 2.95. The largest absolute Gasteiger partial charge is 0.416 e. The number of rotatable bonds is 3. The van der Waals surface area contributed by atoms with E-state index in [0.29, 0.717) is 19.2 Å². The molecule has 1 aliphatic rings. The minimum Gasteiger partial charge on any atom is -0.314 e. The van der Waals surface area contributed by atoms with Crippen molar-refractivity contribution in [2.24, 2.45) is 0 Å². The Hall–Kier alpha value is -1.35. The van der Waals surface area contributed by atoms with Crippen molar-refractivity contribution in [2.45, 2.75) is 24.8 Å². The summed E-state index contributed by atoms with van der Waals surface area (Å²) in [5.41, 5.74) is -1.59. The van der Waals surface area contributed by atoms with E-state index in [0.717, 1.165) is 6.07 Å². The minimum atomic E-state index is -4.82. The van der Waals surface area contributed by atoms with E-state index in [4.69, 9.17) is 0 Å². The monoisotopic (exact) mass is 344 g/mol. The molecule has 0 spiro atoms. The van der Waals surface area contributed by atoms with Crippen LogP contribution >= 0.6 is 0 Å². The molecule has 1 N–H and O–H groups in total. The molecule has 0 unspecified atom stereocenters. The first-order valence-electron chi connectivity index (χ1n) is 6.95. The predicted octanol–water partition coefficient (Wildman–Crippen LogP) is 3.74. The number of halogens is 7. The number of benzene rings is 1. The summed E-state index contributed by atoms with van der Waals surface area (Å²) in [6.07, 6.45) is -10.7. The second-order valence-electron chi connectivity index (χ2n) is 5.39. The second kappa shape index (κ2) is 6.64. The lowest BCUT2D eigenvalue weighted by atomic mass is 9.98. The zero-order valence-corrected chi connectivity index (χ0v) is 11.9. The average Bonchev–Trinajstić information content (AvgIpc) is 2.43. The molecule has 1 aromatic carbocycles. The molecule has 0 aromatic heterocycles. The van der Waals surface area contributed by atoms with Gasteiger partial charge in [0.05, 0.1) is 12.0 Å². The van der Waals surface area contributed by atoms with Gasteiger partial charge in [-0.2, -0.15) is 26.3 Å². The maximum atomic E-state index is 13.5. The van der Waals surface area contributed by atoms with Crippen molar-refractivity contribution in [3.63, 3.8) is 0 Å². The van der Waals surface area contributed by atoms with E-state index < -0.39 is 36.2 Å². The van der Waals surface area contributed by atoms with Crippen molar-refractivity contribution < 1.29 is 30.7 Å². The Kier molecular flexibility index (Phi) is 5.20. The van der Waals surface area contributed by atoms with Crippen LogP contribution in [-0.4, -0.2) is 37.3 Å². The van der Waals surface area contributed by atoms with Crippen LogP contribution in [0.1, 0.15) is 23.6 Å². The molecular formula is C14H15F7N2. The predicted molar refractivity (Wildman–Crippen MR) is 69.3 cm³/mol. The summed E-state index contributed by atoms with van der Waals surface area (Å²) in [5.74, 6) is -1.20. The summed E-state index contributed by atoms with van der Waals surface area (Å²) in [6, 6.07) is 0.287. The molecule has 130 valence electrons. The molecular weight excluding hydrogens is 329 g/mol. The average molecular weight is 344 g/mol. The highest BCUT2D eigenvalue weighted by Gasteiger charge is 2.38. The van der Waals surface area contributed by atoms with E-state index >= 15 is 0 Å². The van der Waals surface area contributed by atoms with E-state index in [9.17, 15) is 30.7 Å². The highest BCUT2D eigenvalue weighted by atomic mass is 19.4. The number of hydrogen-bond donors (Lipinski definition) is 1. The SMILES string of the molecule is Fc1cc([C@@H](CC(F)(F)F)N2CCNCC2)cc(C(F)(F)F)c1. The molecule has 23 heavy (non-hydrogen) atoms. The zero-order valence-electron chi connectivity index (χ0n) is 11.9. The maximum absolute atomic E-state index is 13.5. The first kappa shape index (κ1) is 18.0. The Bertz CT molecular complexity index is 533. The number of nitrogens with one attached hydrogen (secondary N) is 1. The summed E-state index contributed by atoms with van der Waals surface area (Å²) in [6.45, 7) is 1.35. The van der Waals surface area contributed by atoms with Gasteiger partial charge >= 0.3 is 12.4 Å². The molecule has 1 heterocycles. The Morgan fingerprint density at radius 1 is 1.00 bits per heavy atom. The van der Waals surface area contributed by atoms with Gasteiger partial charge in [-0.3, -0.25) is 4.90 Å². The Morgan fingerprint density at radius 2 is 1.61 bits per heavy atom. The van der Waals surface area contributed by atoms with Crippen molar-refractivity contribution in [2.75, 3.05) is 26.2 Å². The molecule has 1 fully saturated rings. The van der Waals surface area contributed by atoms with Gasteiger partial charge in [0.2, 0.25) is 0 Å². The molecule has 2 rings (SSSR count). The molecule has 0 amide bonds. The fraction of sp³-hybridized carbons (Fsp3) is 0.571. The van der Waals surface area contributed by atoms with Gasteiger partial charge < -0.3 is 5.32 Å². The van der Waals surface area contributed by atoms with Crippen LogP contribution in [0.2, 0.25) is 0 Å². The standard InChI is InChI=1S/C14H15F7N2/c15-11-6-9(5-10(7-11)14(19,20)21)12(8-13(16,17)18)23-3-1-22-2-4-23/h5-7,12,22H,1-4,8H2/t12-/m1/s1. The van der Waals surface area contributed by atoms with Gasteiger partial charge in [0.15, 0.2) is 0 Å². The van der Waals surface area contributed by atoms with Gasteiger partial charge in [-0.25, -0.2) is 4.39 Å². The number of piperazine rings is 1. The van der Waals surface area contributed by atoms with Crippen LogP contribution in [0.4, 0.5) is 30.7 Å². The van der Waals surface area contributed by atoms with Crippen LogP contribution in [0.3, 0.4) is 0 Å². The smallest absolute Gasteiger partial charge is 0.314 e. The van der Waals surface area contributed by atoms with Crippen molar-refractivity contribution in [3.8, 4) is 0 Å². The van der Waals surface area contributed by atoms with Crippen LogP contribution < -0.4 is 5.32 Å². The molecule has 1 aromatic rings. The lowest BCUT2D eigenvalue weighted by Crippen LogP contribution is -2.46. The molecule has 9 heteroatoms. The van der Waals surface area contributed by atoms with Crippen molar-refractivity contribution in [3.05, 3.63) is 35.1 Å². The van der Waals surface area contributed by atoms with Crippen LogP contribution in [0, 0.1) is 5.82 Å². The van der Waals surface area contributed by atoms with Crippen molar-refractivity contribution in [1.82, 2.24) is 10.2 Å². The lowest BCUT2D eigenvalue weighted by Gasteiger charge is -2.36. The van der Waals surface area contributed by atoms with E-state index in [1.807, 2.05) is 0 Å². The maximum Gasteiger partial charge on any atom is 0.416 e. The lowest BCUT2D eigenvalue weighted by molar-refractivity contribution is -0.148. The molecule has 1 aliphatic heterocycles. The van der Waals surface area contributed by atoms with Gasteiger partial charge in [0, 0.05) is 32.2 Å². The Morgan fingerprint density at radius 3 is 2.13 bits per heavy atom. The summed E-state index contributed by atoms with van der Waals surface area (Å²) in [4.78, 5) is 1.43. The minimum absolute atomic E-state index is 0.249. The quantitative estimate of drug-likeness (QED) is 0.841. The van der Waals surface area contributed by atoms with Crippen LogP contribution in [-0.2, 0) is 6.18 Å². The van der Waals surface area contributed by atoms with Crippen molar-refractivity contribution >= 4 is 0 Å². The second-order valence-corrected chi connectivity index (χ2v) is 5.39. The number of nitrogens with zero attached hydrogens (tertiary/aromatic N) is 1. The van der Waals surface area contributed by atoms with E-state index in [2.05, 4.69) is 5.32 Å². The van der Waals surface area contributed by atoms with E-state index in [1.54, 1.807) is 0 Å². The third-order valence-electron chi connectivity index (χ3n) is 3.65. The van der Waals surface area contributed by atoms with Gasteiger partial charge in [0.25, 0.3) is 0 Å².